The van der Waals surface area contributed by atoms with Gasteiger partial charge >= 0.3 is 0 Å². The normalized spacial score (nSPS) is 10.6. The Morgan fingerprint density at radius 2 is 2.17 bits per heavy atom. The van der Waals surface area contributed by atoms with Crippen molar-refractivity contribution in [2.24, 2.45) is 0 Å². The zero-order valence-corrected chi connectivity index (χ0v) is 10.4. The van der Waals surface area contributed by atoms with E-state index in [1.54, 1.807) is 13.0 Å². The molecule has 1 heterocycles. The van der Waals surface area contributed by atoms with Crippen LogP contribution in [0.4, 0.5) is 0 Å². The van der Waals surface area contributed by atoms with Crippen LogP contribution in [0.2, 0.25) is 5.02 Å². The number of nitrogens with zero attached hydrogens (tertiary/aromatic N) is 1. The average molecular weight is 267 g/mol. The highest BCUT2D eigenvalue weighted by Gasteiger charge is 2.11. The van der Waals surface area contributed by atoms with Crippen LogP contribution in [0.25, 0.3) is 0 Å². The third kappa shape index (κ3) is 2.46. The van der Waals surface area contributed by atoms with E-state index in [0.717, 1.165) is 4.68 Å². The highest BCUT2D eigenvalue weighted by molar-refractivity contribution is 6.32. The molecule has 0 fully saturated rings. The largest absolute Gasteiger partial charge is 0.506 e. The van der Waals surface area contributed by atoms with Crippen molar-refractivity contribution in [3.05, 3.63) is 50.9 Å². The summed E-state index contributed by atoms with van der Waals surface area (Å²) in [5.74, 6) is -0.480. The fourth-order valence-corrected chi connectivity index (χ4v) is 1.74. The summed E-state index contributed by atoms with van der Waals surface area (Å²) < 4.78 is 0.945. The molecule has 0 amide bonds. The lowest BCUT2D eigenvalue weighted by molar-refractivity contribution is 0.0894. The standard InChI is InChI=1S/C12H11ClN2O3/c1-7-4-11(17)15(14-7)12(18)6-8-2-3-9(13)10(16)5-8/h2-5,14,16H,6H2,1H3. The highest BCUT2D eigenvalue weighted by Crippen LogP contribution is 2.23. The molecule has 1 aromatic heterocycles. The number of aromatic hydroxyl groups is 1. The van der Waals surface area contributed by atoms with Crippen LogP contribution in [-0.2, 0) is 6.42 Å². The maximum Gasteiger partial charge on any atom is 0.273 e. The number of carbonyl (C=O) groups excluding carboxylic acids is 1. The molecule has 0 radical (unpaired) electrons. The van der Waals surface area contributed by atoms with Crippen molar-refractivity contribution in [2.45, 2.75) is 13.3 Å². The molecule has 2 rings (SSSR count). The van der Waals surface area contributed by atoms with E-state index < -0.39 is 11.5 Å². The molecule has 2 N–H and O–H groups in total. The number of carbonyl (C=O) groups is 1. The number of aromatic amines is 1. The average Bonchev–Trinajstić information content (AvgIpc) is 2.63. The maximum absolute atomic E-state index is 11.9. The van der Waals surface area contributed by atoms with Gasteiger partial charge in [0.15, 0.2) is 0 Å². The Morgan fingerprint density at radius 1 is 1.44 bits per heavy atom. The third-order valence-electron chi connectivity index (χ3n) is 2.46. The first-order valence-electron chi connectivity index (χ1n) is 5.26. The highest BCUT2D eigenvalue weighted by atomic mass is 35.5. The second-order valence-electron chi connectivity index (χ2n) is 3.97. The van der Waals surface area contributed by atoms with E-state index >= 15 is 0 Å². The van der Waals surface area contributed by atoms with Gasteiger partial charge in [-0.2, -0.15) is 4.68 Å². The molecule has 0 unspecified atom stereocenters. The first-order valence-corrected chi connectivity index (χ1v) is 5.64. The number of rotatable bonds is 2. The minimum atomic E-state index is -0.394. The van der Waals surface area contributed by atoms with Gasteiger partial charge in [0.1, 0.15) is 5.75 Å². The van der Waals surface area contributed by atoms with Crippen molar-refractivity contribution in [1.82, 2.24) is 9.78 Å². The number of phenolic OH excluding ortho intramolecular Hbond substituents is 1. The second-order valence-corrected chi connectivity index (χ2v) is 4.38. The van der Waals surface area contributed by atoms with Gasteiger partial charge < -0.3 is 5.11 Å². The Morgan fingerprint density at radius 3 is 2.72 bits per heavy atom. The first kappa shape index (κ1) is 12.4. The van der Waals surface area contributed by atoms with E-state index in [1.807, 2.05) is 0 Å². The van der Waals surface area contributed by atoms with Crippen molar-refractivity contribution < 1.29 is 9.90 Å². The van der Waals surface area contributed by atoms with Crippen LogP contribution in [0.1, 0.15) is 16.1 Å². The summed E-state index contributed by atoms with van der Waals surface area (Å²) in [6.45, 7) is 1.69. The molecule has 0 spiro atoms. The van der Waals surface area contributed by atoms with Gasteiger partial charge in [-0.3, -0.25) is 14.7 Å². The molecule has 94 valence electrons. The third-order valence-corrected chi connectivity index (χ3v) is 2.78. The number of phenols is 1. The quantitative estimate of drug-likeness (QED) is 0.869. The minimum Gasteiger partial charge on any atom is -0.506 e. The molecular weight excluding hydrogens is 256 g/mol. The Kier molecular flexibility index (Phi) is 3.25. The monoisotopic (exact) mass is 266 g/mol. The summed E-state index contributed by atoms with van der Waals surface area (Å²) in [7, 11) is 0. The number of aromatic nitrogens is 2. The SMILES string of the molecule is Cc1cc(=O)n(C(=O)Cc2ccc(Cl)c(O)c2)[nH]1. The van der Waals surface area contributed by atoms with Crippen molar-refractivity contribution in [3.8, 4) is 5.75 Å². The molecule has 5 nitrogen and oxygen atoms in total. The summed E-state index contributed by atoms with van der Waals surface area (Å²) in [6.07, 6.45) is 0.00455. The maximum atomic E-state index is 11.9. The van der Waals surface area contributed by atoms with Crippen molar-refractivity contribution in [2.75, 3.05) is 0 Å². The van der Waals surface area contributed by atoms with E-state index in [4.69, 9.17) is 11.6 Å². The molecular formula is C12H11ClN2O3. The van der Waals surface area contributed by atoms with Crippen LogP contribution in [0.15, 0.2) is 29.1 Å². The van der Waals surface area contributed by atoms with Crippen molar-refractivity contribution in [1.29, 1.82) is 0 Å². The molecule has 0 saturated carbocycles. The Labute approximate surface area is 108 Å². The van der Waals surface area contributed by atoms with Crippen LogP contribution < -0.4 is 5.56 Å². The summed E-state index contributed by atoms with van der Waals surface area (Å²) in [6, 6.07) is 5.88. The molecule has 1 aromatic carbocycles. The van der Waals surface area contributed by atoms with Gasteiger partial charge in [0, 0.05) is 11.8 Å². The van der Waals surface area contributed by atoms with Gasteiger partial charge in [0.05, 0.1) is 11.4 Å². The molecule has 0 aliphatic rings. The minimum absolute atomic E-state index is 0.00455. The predicted octanol–water partition coefficient (Wildman–Crippen LogP) is 1.73. The lowest BCUT2D eigenvalue weighted by Gasteiger charge is -2.03. The van der Waals surface area contributed by atoms with Crippen molar-refractivity contribution in [3.63, 3.8) is 0 Å². The van der Waals surface area contributed by atoms with E-state index in [-0.39, 0.29) is 17.2 Å². The lowest BCUT2D eigenvalue weighted by Crippen LogP contribution is -2.25. The second kappa shape index (κ2) is 4.70. The Hall–Kier alpha value is -2.01. The summed E-state index contributed by atoms with van der Waals surface area (Å²) in [5, 5.41) is 12.3. The van der Waals surface area contributed by atoms with Crippen LogP contribution in [0.5, 0.6) is 5.75 Å². The molecule has 2 aromatic rings. The summed E-state index contributed by atoms with van der Waals surface area (Å²) in [5.41, 5.74) is 0.809. The van der Waals surface area contributed by atoms with E-state index in [2.05, 4.69) is 5.10 Å². The zero-order chi connectivity index (χ0) is 13.3. The van der Waals surface area contributed by atoms with Gasteiger partial charge in [-0.15, -0.1) is 0 Å². The van der Waals surface area contributed by atoms with E-state index in [0.29, 0.717) is 11.3 Å². The molecule has 0 aliphatic heterocycles. The molecule has 6 heteroatoms. The number of nitrogens with one attached hydrogen (secondary N) is 1. The fraction of sp³-hybridized carbons (Fsp3) is 0.167. The van der Waals surface area contributed by atoms with E-state index in [1.165, 1.54) is 18.2 Å². The van der Waals surface area contributed by atoms with Gasteiger partial charge in [0.25, 0.3) is 11.5 Å². The van der Waals surface area contributed by atoms with Gasteiger partial charge in [-0.1, -0.05) is 17.7 Å². The van der Waals surface area contributed by atoms with Crippen LogP contribution in [-0.4, -0.2) is 20.8 Å². The first-order chi connectivity index (χ1) is 8.47. The lowest BCUT2D eigenvalue weighted by atomic mass is 10.1. The number of halogens is 1. The number of aryl methyl sites for hydroxylation is 1. The van der Waals surface area contributed by atoms with Crippen molar-refractivity contribution >= 4 is 17.5 Å². The summed E-state index contributed by atoms with van der Waals surface area (Å²) >= 11 is 5.67. The molecule has 0 bridgehead atoms. The molecule has 0 aliphatic carbocycles. The molecule has 0 saturated heterocycles. The topological polar surface area (TPSA) is 75.1 Å². The number of hydrogen-bond donors (Lipinski definition) is 2. The summed E-state index contributed by atoms with van der Waals surface area (Å²) in [4.78, 5) is 23.3. The zero-order valence-electron chi connectivity index (χ0n) is 9.61. The number of benzene rings is 1. The Balaban J connectivity index is 2.24. The van der Waals surface area contributed by atoms with Crippen LogP contribution in [0, 0.1) is 6.92 Å². The van der Waals surface area contributed by atoms with E-state index in [9.17, 15) is 14.7 Å². The fourth-order valence-electron chi connectivity index (χ4n) is 1.62. The smallest absolute Gasteiger partial charge is 0.273 e. The molecule has 0 atom stereocenters. The number of hydrogen-bond acceptors (Lipinski definition) is 3. The van der Waals surface area contributed by atoms with Gasteiger partial charge in [-0.05, 0) is 24.6 Å². The van der Waals surface area contributed by atoms with Gasteiger partial charge in [-0.25, -0.2) is 0 Å². The Bertz CT molecular complexity index is 658. The predicted molar refractivity (Wildman–Crippen MR) is 67.2 cm³/mol. The molecule has 18 heavy (non-hydrogen) atoms. The number of H-pyrrole nitrogens is 1. The van der Waals surface area contributed by atoms with Crippen LogP contribution in [0.3, 0.4) is 0 Å². The van der Waals surface area contributed by atoms with Crippen LogP contribution >= 0.6 is 11.6 Å². The van der Waals surface area contributed by atoms with Gasteiger partial charge in [0.2, 0.25) is 0 Å².